The topological polar surface area (TPSA) is 92.1 Å². The highest BCUT2D eigenvalue weighted by Gasteiger charge is 2.15. The van der Waals surface area contributed by atoms with E-state index in [-0.39, 0.29) is 0 Å². The predicted octanol–water partition coefficient (Wildman–Crippen LogP) is 4.64. The van der Waals surface area contributed by atoms with Crippen molar-refractivity contribution >= 4 is 29.1 Å². The summed E-state index contributed by atoms with van der Waals surface area (Å²) in [5, 5.41) is 14.6. The molecule has 0 amide bonds. The number of ether oxygens (including phenoxy) is 1. The van der Waals surface area contributed by atoms with Gasteiger partial charge in [-0.25, -0.2) is 4.98 Å². The van der Waals surface area contributed by atoms with E-state index in [1.807, 2.05) is 43.3 Å². The van der Waals surface area contributed by atoms with Crippen LogP contribution in [0.3, 0.4) is 0 Å². The van der Waals surface area contributed by atoms with Gasteiger partial charge in [-0.2, -0.15) is 9.49 Å². The summed E-state index contributed by atoms with van der Waals surface area (Å²) in [4.78, 5) is 8.07. The Bertz CT molecular complexity index is 1200. The molecule has 5 rings (SSSR count). The summed E-state index contributed by atoms with van der Waals surface area (Å²) in [6.07, 6.45) is 0. The molecule has 32 heavy (non-hydrogen) atoms. The third-order valence-corrected chi connectivity index (χ3v) is 5.89. The van der Waals surface area contributed by atoms with Crippen LogP contribution in [0.25, 0.3) is 11.3 Å². The first-order valence-corrected chi connectivity index (χ1v) is 11.0. The van der Waals surface area contributed by atoms with Crippen molar-refractivity contribution in [2.45, 2.75) is 16.8 Å². The maximum absolute atomic E-state index is 13.1. The number of hydrogen-bond donors (Lipinski definition) is 2. The summed E-state index contributed by atoms with van der Waals surface area (Å²) in [5.74, 6) is 1.20. The van der Waals surface area contributed by atoms with Crippen LogP contribution in [0.15, 0.2) is 63.0 Å². The van der Waals surface area contributed by atoms with Crippen LogP contribution >= 0.6 is 11.8 Å². The number of morpholine rings is 1. The summed E-state index contributed by atoms with van der Waals surface area (Å²) in [6.45, 7) is 5.02. The molecule has 3 aromatic heterocycles. The van der Waals surface area contributed by atoms with Crippen molar-refractivity contribution in [2.24, 2.45) is 0 Å². The first-order chi connectivity index (χ1) is 15.6. The van der Waals surface area contributed by atoms with Crippen molar-refractivity contribution in [3.63, 3.8) is 0 Å². The first kappa shape index (κ1) is 20.5. The van der Waals surface area contributed by atoms with Gasteiger partial charge in [-0.3, -0.25) is 5.10 Å². The standard InChI is InChI=1S/C22H21FN6O2S/c1-14-10-21(27-26-14)24-20-11-16(29-6-8-30-9-7-29)12-22(25-20)32-17-4-2-15(3-5-17)18-13-19(23)28-31-18/h2-5,10-13H,6-9H2,1H3,(H2,24,25,26,27). The van der Waals surface area contributed by atoms with Gasteiger partial charge in [-0.15, -0.1) is 0 Å². The molecule has 2 N–H and O–H groups in total. The third kappa shape index (κ3) is 4.76. The number of benzene rings is 1. The average Bonchev–Trinajstić information content (AvgIpc) is 3.42. The molecule has 1 saturated heterocycles. The van der Waals surface area contributed by atoms with Crippen LogP contribution in [0.4, 0.5) is 21.7 Å². The van der Waals surface area contributed by atoms with E-state index in [4.69, 9.17) is 14.2 Å². The number of anilines is 3. The lowest BCUT2D eigenvalue weighted by Crippen LogP contribution is -2.36. The minimum absolute atomic E-state index is 0.396. The Morgan fingerprint density at radius 3 is 2.56 bits per heavy atom. The minimum Gasteiger partial charge on any atom is -0.378 e. The highest BCUT2D eigenvalue weighted by Crippen LogP contribution is 2.33. The fraction of sp³-hybridized carbons (Fsp3) is 0.227. The van der Waals surface area contributed by atoms with E-state index in [0.29, 0.717) is 24.8 Å². The van der Waals surface area contributed by atoms with Crippen LogP contribution in [0.2, 0.25) is 0 Å². The van der Waals surface area contributed by atoms with E-state index in [2.05, 4.69) is 31.6 Å². The molecule has 8 nitrogen and oxygen atoms in total. The van der Waals surface area contributed by atoms with E-state index in [1.165, 1.54) is 6.07 Å². The minimum atomic E-state index is -0.630. The fourth-order valence-electron chi connectivity index (χ4n) is 3.42. The summed E-state index contributed by atoms with van der Waals surface area (Å²) in [7, 11) is 0. The predicted molar refractivity (Wildman–Crippen MR) is 120 cm³/mol. The van der Waals surface area contributed by atoms with Crippen molar-refractivity contribution in [2.75, 3.05) is 36.5 Å². The normalized spacial score (nSPS) is 14.0. The fourth-order valence-corrected chi connectivity index (χ4v) is 4.26. The van der Waals surface area contributed by atoms with Gasteiger partial charge >= 0.3 is 0 Å². The lowest BCUT2D eigenvalue weighted by Gasteiger charge is -2.29. The second-order valence-corrected chi connectivity index (χ2v) is 8.44. The molecule has 1 aliphatic rings. The number of hydrogen-bond acceptors (Lipinski definition) is 8. The van der Waals surface area contributed by atoms with Crippen molar-refractivity contribution in [3.8, 4) is 11.3 Å². The molecule has 10 heteroatoms. The molecule has 1 aliphatic heterocycles. The zero-order valence-corrected chi connectivity index (χ0v) is 18.2. The molecule has 0 radical (unpaired) electrons. The summed E-state index contributed by atoms with van der Waals surface area (Å²) < 4.78 is 23.6. The van der Waals surface area contributed by atoms with Gasteiger partial charge in [0.15, 0.2) is 11.6 Å². The molecule has 0 aliphatic carbocycles. The molecular formula is C22H21FN6O2S. The van der Waals surface area contributed by atoms with Gasteiger partial charge in [0.05, 0.1) is 13.2 Å². The molecule has 0 unspecified atom stereocenters. The number of halogens is 1. The molecule has 164 valence electrons. The number of aryl methyl sites for hydroxylation is 1. The summed E-state index contributed by atoms with van der Waals surface area (Å²) in [6, 6.07) is 15.0. The molecular weight excluding hydrogens is 431 g/mol. The zero-order chi connectivity index (χ0) is 21.9. The second kappa shape index (κ2) is 9.01. The quantitative estimate of drug-likeness (QED) is 0.437. The molecule has 1 aromatic carbocycles. The van der Waals surface area contributed by atoms with Crippen LogP contribution in [-0.2, 0) is 4.74 Å². The third-order valence-electron chi connectivity index (χ3n) is 4.97. The lowest BCUT2D eigenvalue weighted by molar-refractivity contribution is 0.122. The Kier molecular flexibility index (Phi) is 5.78. The molecule has 0 saturated carbocycles. The molecule has 4 heterocycles. The smallest absolute Gasteiger partial charge is 0.254 e. The Hall–Kier alpha value is -3.37. The Balaban J connectivity index is 1.40. The zero-order valence-electron chi connectivity index (χ0n) is 17.3. The van der Waals surface area contributed by atoms with Gasteiger partial charge in [0.2, 0.25) is 0 Å². The van der Waals surface area contributed by atoms with Gasteiger partial charge in [-0.1, -0.05) is 23.9 Å². The molecule has 0 spiro atoms. The molecule has 1 fully saturated rings. The Morgan fingerprint density at radius 2 is 1.88 bits per heavy atom. The molecule has 0 bridgehead atoms. The van der Waals surface area contributed by atoms with Crippen LogP contribution in [0.1, 0.15) is 5.69 Å². The number of pyridine rings is 1. The molecule has 4 aromatic rings. The van der Waals surface area contributed by atoms with Gasteiger partial charge in [0, 0.05) is 53.1 Å². The molecule has 0 atom stereocenters. The van der Waals surface area contributed by atoms with E-state index in [1.54, 1.807) is 11.8 Å². The van der Waals surface area contributed by atoms with Gasteiger partial charge in [-0.05, 0) is 30.3 Å². The van der Waals surface area contributed by atoms with E-state index in [0.717, 1.165) is 45.8 Å². The van der Waals surface area contributed by atoms with Crippen LogP contribution in [-0.4, -0.2) is 46.6 Å². The maximum atomic E-state index is 13.1. The van der Waals surface area contributed by atoms with Crippen molar-refractivity contribution < 1.29 is 13.7 Å². The first-order valence-electron chi connectivity index (χ1n) is 10.2. The summed E-state index contributed by atoms with van der Waals surface area (Å²) in [5.41, 5.74) is 2.81. The van der Waals surface area contributed by atoms with Gasteiger partial charge < -0.3 is 19.5 Å². The average molecular weight is 453 g/mol. The maximum Gasteiger partial charge on any atom is 0.254 e. The number of rotatable bonds is 6. The second-order valence-electron chi connectivity index (χ2n) is 7.35. The van der Waals surface area contributed by atoms with Crippen LogP contribution in [0, 0.1) is 12.9 Å². The summed E-state index contributed by atoms with van der Waals surface area (Å²) >= 11 is 1.55. The number of nitrogens with zero attached hydrogens (tertiary/aromatic N) is 4. The largest absolute Gasteiger partial charge is 0.378 e. The highest BCUT2D eigenvalue weighted by molar-refractivity contribution is 7.99. The Morgan fingerprint density at radius 1 is 1.06 bits per heavy atom. The van der Waals surface area contributed by atoms with E-state index in [9.17, 15) is 4.39 Å². The number of nitrogens with one attached hydrogen (secondary N) is 2. The van der Waals surface area contributed by atoms with Crippen LogP contribution in [0.5, 0.6) is 0 Å². The van der Waals surface area contributed by atoms with E-state index < -0.39 is 5.95 Å². The van der Waals surface area contributed by atoms with E-state index >= 15 is 0 Å². The van der Waals surface area contributed by atoms with Crippen molar-refractivity contribution in [3.05, 3.63) is 60.2 Å². The van der Waals surface area contributed by atoms with Crippen LogP contribution < -0.4 is 10.2 Å². The number of aromatic nitrogens is 4. The number of aromatic amines is 1. The van der Waals surface area contributed by atoms with Crippen molar-refractivity contribution in [1.82, 2.24) is 20.3 Å². The Labute approximate surface area is 188 Å². The SMILES string of the molecule is Cc1cc(Nc2cc(N3CCOCC3)cc(Sc3ccc(-c4cc(F)no4)cc3)n2)n[nH]1. The monoisotopic (exact) mass is 452 g/mol. The number of H-pyrrole nitrogens is 1. The van der Waals surface area contributed by atoms with Gasteiger partial charge in [0.25, 0.3) is 5.95 Å². The van der Waals surface area contributed by atoms with Crippen molar-refractivity contribution in [1.29, 1.82) is 0 Å². The van der Waals surface area contributed by atoms with Gasteiger partial charge in [0.1, 0.15) is 10.8 Å². The lowest BCUT2D eigenvalue weighted by atomic mass is 10.2. The highest BCUT2D eigenvalue weighted by atomic mass is 32.2.